The maximum atomic E-state index is 11.7. The maximum absolute atomic E-state index is 11.7. The summed E-state index contributed by atoms with van der Waals surface area (Å²) in [5, 5.41) is 0.616. The SMILES string of the molecule is CCC(CC)COC(=O)CCC(=O)Oc1ccc(Cl)c(C)c1. The van der Waals surface area contributed by atoms with Crippen LogP contribution in [0.4, 0.5) is 0 Å². The summed E-state index contributed by atoms with van der Waals surface area (Å²) >= 11 is 5.90. The monoisotopic (exact) mass is 326 g/mol. The number of benzene rings is 1. The summed E-state index contributed by atoms with van der Waals surface area (Å²) < 4.78 is 10.3. The number of esters is 2. The summed E-state index contributed by atoms with van der Waals surface area (Å²) in [5.74, 6) is -0.0115. The third-order valence-corrected chi connectivity index (χ3v) is 3.95. The number of ether oxygens (including phenoxy) is 2. The number of rotatable bonds is 8. The molecule has 0 radical (unpaired) electrons. The minimum atomic E-state index is -0.457. The molecule has 5 heteroatoms. The Morgan fingerprint density at radius 1 is 1.14 bits per heavy atom. The Labute approximate surface area is 136 Å². The standard InChI is InChI=1S/C17H23ClO4/c1-4-13(5-2)11-21-16(19)8-9-17(20)22-14-6-7-15(18)12(3)10-14/h6-7,10,13H,4-5,8-9,11H2,1-3H3. The summed E-state index contributed by atoms with van der Waals surface area (Å²) in [6.07, 6.45) is 1.98. The zero-order chi connectivity index (χ0) is 16.5. The first-order valence-corrected chi connectivity index (χ1v) is 7.96. The summed E-state index contributed by atoms with van der Waals surface area (Å²) in [6, 6.07) is 4.98. The van der Waals surface area contributed by atoms with Crippen molar-refractivity contribution in [3.63, 3.8) is 0 Å². The molecule has 0 N–H and O–H groups in total. The van der Waals surface area contributed by atoms with Gasteiger partial charge in [-0.2, -0.15) is 0 Å². The van der Waals surface area contributed by atoms with E-state index in [1.54, 1.807) is 18.2 Å². The molecule has 0 aliphatic heterocycles. The molecule has 0 amide bonds. The second kappa shape index (κ2) is 9.46. The fourth-order valence-electron chi connectivity index (χ4n) is 1.87. The molecule has 0 bridgehead atoms. The van der Waals surface area contributed by atoms with Gasteiger partial charge >= 0.3 is 11.9 Å². The van der Waals surface area contributed by atoms with E-state index >= 15 is 0 Å². The first-order chi connectivity index (χ1) is 10.5. The summed E-state index contributed by atoms with van der Waals surface area (Å²) in [6.45, 7) is 6.37. The molecule has 0 aromatic heterocycles. The van der Waals surface area contributed by atoms with E-state index in [9.17, 15) is 9.59 Å². The molecule has 0 saturated heterocycles. The Bertz CT molecular complexity index is 509. The first kappa shape index (κ1) is 18.5. The van der Waals surface area contributed by atoms with Crippen LogP contribution >= 0.6 is 11.6 Å². The number of carbonyl (C=O) groups is 2. The zero-order valence-corrected chi connectivity index (χ0v) is 14.1. The van der Waals surface area contributed by atoms with Crippen molar-refractivity contribution >= 4 is 23.5 Å². The van der Waals surface area contributed by atoms with Crippen molar-refractivity contribution in [3.8, 4) is 5.75 Å². The van der Waals surface area contributed by atoms with Crippen molar-refractivity contribution in [2.24, 2.45) is 5.92 Å². The van der Waals surface area contributed by atoms with Gasteiger partial charge in [-0.15, -0.1) is 0 Å². The molecule has 1 rings (SSSR count). The number of hydrogen-bond acceptors (Lipinski definition) is 4. The minimum Gasteiger partial charge on any atom is -0.465 e. The van der Waals surface area contributed by atoms with Gasteiger partial charge in [0.25, 0.3) is 0 Å². The quantitative estimate of drug-likeness (QED) is 0.527. The third-order valence-electron chi connectivity index (χ3n) is 3.53. The number of carbonyl (C=O) groups excluding carboxylic acids is 2. The maximum Gasteiger partial charge on any atom is 0.311 e. The number of aryl methyl sites for hydroxylation is 1. The number of hydrogen-bond donors (Lipinski definition) is 0. The molecule has 0 aliphatic carbocycles. The second-order valence-corrected chi connectivity index (χ2v) is 5.66. The molecule has 0 heterocycles. The van der Waals surface area contributed by atoms with Gasteiger partial charge in [0.15, 0.2) is 0 Å². The van der Waals surface area contributed by atoms with Crippen molar-refractivity contribution in [2.45, 2.75) is 46.5 Å². The van der Waals surface area contributed by atoms with Crippen LogP contribution in [0.3, 0.4) is 0 Å². The highest BCUT2D eigenvalue weighted by Gasteiger charge is 2.12. The van der Waals surface area contributed by atoms with E-state index in [0.29, 0.717) is 23.3 Å². The van der Waals surface area contributed by atoms with Crippen LogP contribution < -0.4 is 4.74 Å². The van der Waals surface area contributed by atoms with Gasteiger partial charge in [-0.3, -0.25) is 9.59 Å². The van der Waals surface area contributed by atoms with Crippen LogP contribution in [0.25, 0.3) is 0 Å². The Morgan fingerprint density at radius 3 is 2.36 bits per heavy atom. The molecular formula is C17H23ClO4. The van der Waals surface area contributed by atoms with Crippen molar-refractivity contribution in [2.75, 3.05) is 6.61 Å². The number of halogens is 1. The molecule has 1 aromatic rings. The lowest BCUT2D eigenvalue weighted by Crippen LogP contribution is -2.15. The lowest BCUT2D eigenvalue weighted by molar-refractivity contribution is -0.148. The minimum absolute atomic E-state index is 0.00340. The lowest BCUT2D eigenvalue weighted by Gasteiger charge is -2.12. The van der Waals surface area contributed by atoms with Crippen molar-refractivity contribution < 1.29 is 19.1 Å². The Kier molecular flexibility index (Phi) is 7.96. The average molecular weight is 327 g/mol. The van der Waals surface area contributed by atoms with Gasteiger partial charge in [0.1, 0.15) is 5.75 Å². The summed E-state index contributed by atoms with van der Waals surface area (Å²) in [7, 11) is 0. The van der Waals surface area contributed by atoms with E-state index in [4.69, 9.17) is 21.1 Å². The highest BCUT2D eigenvalue weighted by atomic mass is 35.5. The van der Waals surface area contributed by atoms with Gasteiger partial charge in [0, 0.05) is 5.02 Å². The van der Waals surface area contributed by atoms with E-state index in [-0.39, 0.29) is 18.8 Å². The first-order valence-electron chi connectivity index (χ1n) is 7.58. The van der Waals surface area contributed by atoms with Crippen LogP contribution in [-0.2, 0) is 14.3 Å². The fourth-order valence-corrected chi connectivity index (χ4v) is 1.99. The van der Waals surface area contributed by atoms with E-state index in [2.05, 4.69) is 13.8 Å². The normalized spacial score (nSPS) is 10.6. The molecular weight excluding hydrogens is 304 g/mol. The highest BCUT2D eigenvalue weighted by molar-refractivity contribution is 6.31. The topological polar surface area (TPSA) is 52.6 Å². The van der Waals surface area contributed by atoms with Crippen LogP contribution in [0.15, 0.2) is 18.2 Å². The molecule has 0 spiro atoms. The van der Waals surface area contributed by atoms with Crippen LogP contribution in [0.2, 0.25) is 5.02 Å². The molecule has 22 heavy (non-hydrogen) atoms. The molecule has 0 saturated carbocycles. The lowest BCUT2D eigenvalue weighted by atomic mass is 10.1. The van der Waals surface area contributed by atoms with Crippen molar-refractivity contribution in [1.82, 2.24) is 0 Å². The smallest absolute Gasteiger partial charge is 0.311 e. The summed E-state index contributed by atoms with van der Waals surface area (Å²) in [5.41, 5.74) is 0.830. The molecule has 1 aromatic carbocycles. The predicted octanol–water partition coefficient (Wildman–Crippen LogP) is 4.31. The molecule has 0 fully saturated rings. The van der Waals surface area contributed by atoms with Gasteiger partial charge < -0.3 is 9.47 Å². The highest BCUT2D eigenvalue weighted by Crippen LogP contribution is 2.21. The molecule has 0 aliphatic rings. The van der Waals surface area contributed by atoms with E-state index in [1.807, 2.05) is 6.92 Å². The van der Waals surface area contributed by atoms with Crippen molar-refractivity contribution in [1.29, 1.82) is 0 Å². The Balaban J connectivity index is 2.33. The second-order valence-electron chi connectivity index (χ2n) is 5.25. The van der Waals surface area contributed by atoms with E-state index in [0.717, 1.165) is 18.4 Å². The fraction of sp³-hybridized carbons (Fsp3) is 0.529. The van der Waals surface area contributed by atoms with E-state index < -0.39 is 5.97 Å². The molecule has 122 valence electrons. The van der Waals surface area contributed by atoms with Crippen LogP contribution in [0.5, 0.6) is 5.75 Å². The van der Waals surface area contributed by atoms with Gasteiger partial charge in [-0.05, 0) is 36.6 Å². The van der Waals surface area contributed by atoms with Gasteiger partial charge in [0.05, 0.1) is 19.4 Å². The molecule has 4 nitrogen and oxygen atoms in total. The van der Waals surface area contributed by atoms with Crippen LogP contribution in [0, 0.1) is 12.8 Å². The Morgan fingerprint density at radius 2 is 1.77 bits per heavy atom. The largest absolute Gasteiger partial charge is 0.465 e. The average Bonchev–Trinajstić information content (AvgIpc) is 2.50. The summed E-state index contributed by atoms with van der Waals surface area (Å²) in [4.78, 5) is 23.3. The predicted molar refractivity (Wildman–Crippen MR) is 86.1 cm³/mol. The molecule has 0 unspecified atom stereocenters. The van der Waals surface area contributed by atoms with Crippen LogP contribution in [0.1, 0.15) is 45.1 Å². The van der Waals surface area contributed by atoms with Gasteiger partial charge in [-0.1, -0.05) is 38.3 Å². The van der Waals surface area contributed by atoms with Crippen molar-refractivity contribution in [3.05, 3.63) is 28.8 Å². The zero-order valence-electron chi connectivity index (χ0n) is 13.4. The van der Waals surface area contributed by atoms with Gasteiger partial charge in [0.2, 0.25) is 0 Å². The van der Waals surface area contributed by atoms with Gasteiger partial charge in [-0.25, -0.2) is 0 Å². The molecule has 0 atom stereocenters. The van der Waals surface area contributed by atoms with E-state index in [1.165, 1.54) is 0 Å². The third kappa shape index (κ3) is 6.48. The Hall–Kier alpha value is -1.55. The van der Waals surface area contributed by atoms with Crippen LogP contribution in [-0.4, -0.2) is 18.5 Å².